The Balaban J connectivity index is 2.56. The summed E-state index contributed by atoms with van der Waals surface area (Å²) in [6.45, 7) is 11.2. The fraction of sp³-hybridized carbons (Fsp3) is 0.900. The zero-order valence-corrected chi connectivity index (χ0v) is 7.54. The van der Waals surface area contributed by atoms with Crippen LogP contribution in [0.4, 0.5) is 0 Å². The second-order valence-electron chi connectivity index (χ2n) is 5.01. The average Bonchev–Trinajstić information content (AvgIpc) is 1.56. The molecule has 1 atom stereocenters. The van der Waals surface area contributed by atoms with E-state index in [2.05, 4.69) is 27.7 Å². The number of rotatable bonds is 0. The van der Waals surface area contributed by atoms with Gasteiger partial charge in [-0.1, -0.05) is 40.0 Å². The SMILES string of the molecule is [CH2-]C1(C)CCCC(C)(C)C1. The van der Waals surface area contributed by atoms with Crippen molar-refractivity contribution in [2.24, 2.45) is 10.8 Å². The molecule has 0 heterocycles. The molecule has 0 amide bonds. The van der Waals surface area contributed by atoms with Gasteiger partial charge in [0.25, 0.3) is 0 Å². The molecule has 1 aliphatic carbocycles. The molecule has 1 rings (SSSR count). The molecule has 0 aromatic rings. The van der Waals surface area contributed by atoms with Gasteiger partial charge >= 0.3 is 0 Å². The van der Waals surface area contributed by atoms with E-state index in [1.54, 1.807) is 0 Å². The molecule has 0 heteroatoms. The van der Waals surface area contributed by atoms with Crippen LogP contribution in [-0.2, 0) is 0 Å². The summed E-state index contributed by atoms with van der Waals surface area (Å²) in [6, 6.07) is 0. The van der Waals surface area contributed by atoms with Gasteiger partial charge in [0.2, 0.25) is 0 Å². The van der Waals surface area contributed by atoms with Gasteiger partial charge in [-0.05, 0) is 11.8 Å². The third-order valence-corrected chi connectivity index (χ3v) is 2.54. The lowest BCUT2D eigenvalue weighted by Gasteiger charge is -2.45. The summed E-state index contributed by atoms with van der Waals surface area (Å²) in [4.78, 5) is 0. The topological polar surface area (TPSA) is 0 Å². The molecular formula is C10H19-. The van der Waals surface area contributed by atoms with E-state index in [1.165, 1.54) is 25.7 Å². The van der Waals surface area contributed by atoms with Crippen LogP contribution in [0, 0.1) is 17.8 Å². The molecule has 0 nitrogen and oxygen atoms in total. The van der Waals surface area contributed by atoms with E-state index in [4.69, 9.17) is 0 Å². The first kappa shape index (κ1) is 8.10. The highest BCUT2D eigenvalue weighted by Gasteiger charge is 2.28. The quantitative estimate of drug-likeness (QED) is 0.451. The first-order valence-corrected chi connectivity index (χ1v) is 4.27. The van der Waals surface area contributed by atoms with Gasteiger partial charge in [-0.15, -0.1) is 0 Å². The maximum absolute atomic E-state index is 4.23. The van der Waals surface area contributed by atoms with Crippen molar-refractivity contribution >= 4 is 0 Å². The summed E-state index contributed by atoms with van der Waals surface area (Å²) in [7, 11) is 0. The van der Waals surface area contributed by atoms with Crippen molar-refractivity contribution in [1.29, 1.82) is 0 Å². The maximum atomic E-state index is 4.23. The second-order valence-corrected chi connectivity index (χ2v) is 5.01. The molecule has 0 saturated heterocycles. The van der Waals surface area contributed by atoms with Crippen LogP contribution >= 0.6 is 0 Å². The summed E-state index contributed by atoms with van der Waals surface area (Å²) in [5.41, 5.74) is 0.913. The molecule has 1 unspecified atom stereocenters. The lowest BCUT2D eigenvalue weighted by Crippen LogP contribution is -2.28. The first-order valence-electron chi connectivity index (χ1n) is 4.27. The van der Waals surface area contributed by atoms with Gasteiger partial charge in [0.05, 0.1) is 0 Å². The largest absolute Gasteiger partial charge is 0.337 e. The van der Waals surface area contributed by atoms with E-state index < -0.39 is 0 Å². The van der Waals surface area contributed by atoms with Crippen LogP contribution in [0.15, 0.2) is 0 Å². The average molecular weight is 139 g/mol. The van der Waals surface area contributed by atoms with Gasteiger partial charge < -0.3 is 6.92 Å². The third kappa shape index (κ3) is 2.00. The number of hydrogen-bond donors (Lipinski definition) is 0. The fourth-order valence-electron chi connectivity index (χ4n) is 2.33. The molecule has 0 aromatic carbocycles. The predicted molar refractivity (Wildman–Crippen MR) is 45.7 cm³/mol. The lowest BCUT2D eigenvalue weighted by atomic mass is 9.65. The Morgan fingerprint density at radius 1 is 1.10 bits per heavy atom. The molecule has 0 spiro atoms. The van der Waals surface area contributed by atoms with Crippen LogP contribution in [0.25, 0.3) is 0 Å². The molecule has 10 heavy (non-hydrogen) atoms. The zero-order chi connectivity index (χ0) is 7.83. The van der Waals surface area contributed by atoms with Gasteiger partial charge in [-0.2, -0.15) is 5.41 Å². The fourth-order valence-corrected chi connectivity index (χ4v) is 2.33. The lowest BCUT2D eigenvalue weighted by molar-refractivity contribution is 0.137. The second kappa shape index (κ2) is 2.25. The Kier molecular flexibility index (Phi) is 1.82. The van der Waals surface area contributed by atoms with Crippen LogP contribution in [0.3, 0.4) is 0 Å². The van der Waals surface area contributed by atoms with Crippen LogP contribution in [0.1, 0.15) is 46.5 Å². The minimum Gasteiger partial charge on any atom is -0.337 e. The standard InChI is InChI=1S/C10H19/c1-9(2)6-5-7-10(3,4)8-9/h1,5-8H2,2-4H3/q-1. The molecule has 60 valence electrons. The first-order chi connectivity index (χ1) is 4.41. The molecule has 0 radical (unpaired) electrons. The minimum absolute atomic E-state index is 0.363. The van der Waals surface area contributed by atoms with Crippen LogP contribution < -0.4 is 0 Å². The Morgan fingerprint density at radius 3 is 2.00 bits per heavy atom. The highest BCUT2D eigenvalue weighted by Crippen LogP contribution is 2.44. The minimum atomic E-state index is 0.363. The Hall–Kier alpha value is 0. The highest BCUT2D eigenvalue weighted by atomic mass is 14.4. The smallest absolute Gasteiger partial charge is 0.0374 e. The van der Waals surface area contributed by atoms with Crippen LogP contribution in [0.5, 0.6) is 0 Å². The molecule has 0 bridgehead atoms. The van der Waals surface area contributed by atoms with Crippen LogP contribution in [0.2, 0.25) is 0 Å². The third-order valence-electron chi connectivity index (χ3n) is 2.54. The van der Waals surface area contributed by atoms with Gasteiger partial charge in [0.1, 0.15) is 0 Å². The monoisotopic (exact) mass is 139 g/mol. The van der Waals surface area contributed by atoms with Crippen molar-refractivity contribution in [3.63, 3.8) is 0 Å². The summed E-state index contributed by atoms with van der Waals surface area (Å²) in [5.74, 6) is 0. The van der Waals surface area contributed by atoms with Gasteiger partial charge in [-0.25, -0.2) is 0 Å². The van der Waals surface area contributed by atoms with E-state index in [9.17, 15) is 0 Å². The van der Waals surface area contributed by atoms with E-state index in [-0.39, 0.29) is 0 Å². The van der Waals surface area contributed by atoms with E-state index >= 15 is 0 Å². The summed E-state index contributed by atoms with van der Waals surface area (Å²) in [5, 5.41) is 0. The molecule has 1 saturated carbocycles. The molecule has 0 N–H and O–H groups in total. The summed E-state index contributed by atoms with van der Waals surface area (Å²) >= 11 is 0. The molecule has 0 aromatic heterocycles. The number of hydrogen-bond acceptors (Lipinski definition) is 0. The van der Waals surface area contributed by atoms with Crippen molar-refractivity contribution in [1.82, 2.24) is 0 Å². The maximum Gasteiger partial charge on any atom is -0.0374 e. The molecule has 0 aliphatic heterocycles. The van der Waals surface area contributed by atoms with E-state index in [0.717, 1.165) is 0 Å². The van der Waals surface area contributed by atoms with Crippen molar-refractivity contribution in [2.45, 2.75) is 46.5 Å². The summed E-state index contributed by atoms with van der Waals surface area (Å²) < 4.78 is 0. The van der Waals surface area contributed by atoms with Crippen molar-refractivity contribution in [3.05, 3.63) is 6.92 Å². The Labute approximate surface area is 65.0 Å². The van der Waals surface area contributed by atoms with E-state index in [0.29, 0.717) is 10.8 Å². The molecule has 1 fully saturated rings. The normalized spacial score (nSPS) is 39.6. The molecule has 1 aliphatic rings. The van der Waals surface area contributed by atoms with E-state index in [1.807, 2.05) is 0 Å². The zero-order valence-electron chi connectivity index (χ0n) is 7.54. The van der Waals surface area contributed by atoms with Gasteiger partial charge in [-0.3, -0.25) is 0 Å². The van der Waals surface area contributed by atoms with Crippen molar-refractivity contribution in [2.75, 3.05) is 0 Å². The summed E-state index contributed by atoms with van der Waals surface area (Å²) in [6.07, 6.45) is 5.36. The predicted octanol–water partition coefficient (Wildman–Crippen LogP) is 3.43. The van der Waals surface area contributed by atoms with Gasteiger partial charge in [0, 0.05) is 0 Å². The van der Waals surface area contributed by atoms with Crippen molar-refractivity contribution < 1.29 is 0 Å². The Morgan fingerprint density at radius 2 is 1.70 bits per heavy atom. The van der Waals surface area contributed by atoms with Gasteiger partial charge in [0.15, 0.2) is 0 Å². The molecular weight excluding hydrogens is 120 g/mol. The van der Waals surface area contributed by atoms with Crippen LogP contribution in [-0.4, -0.2) is 0 Å². The Bertz CT molecular complexity index is 106. The van der Waals surface area contributed by atoms with Crippen molar-refractivity contribution in [3.8, 4) is 0 Å². The highest BCUT2D eigenvalue weighted by molar-refractivity contribution is 4.88.